The average molecular weight is 556 g/mol. The van der Waals surface area contributed by atoms with Crippen LogP contribution in [0, 0.1) is 11.7 Å². The number of morpholine rings is 1. The summed E-state index contributed by atoms with van der Waals surface area (Å²) >= 11 is 0. The number of piperidine rings is 1. The monoisotopic (exact) mass is 555 g/mol. The highest BCUT2D eigenvalue weighted by molar-refractivity contribution is 6.03. The Morgan fingerprint density at radius 3 is 2.69 bits per heavy atom. The number of ketones is 1. The number of pyridine rings is 1. The molecule has 1 saturated carbocycles. The molecule has 0 radical (unpaired) electrons. The molecule has 2 aliphatic heterocycles. The van der Waals surface area contributed by atoms with Gasteiger partial charge in [-0.25, -0.2) is 9.37 Å². The Balaban J connectivity index is 1.29. The van der Waals surface area contributed by atoms with E-state index in [2.05, 4.69) is 25.8 Å². The minimum absolute atomic E-state index is 0.00423. The predicted molar refractivity (Wildman–Crippen MR) is 127 cm³/mol. The van der Waals surface area contributed by atoms with Crippen LogP contribution in [0.4, 0.5) is 17.6 Å². The summed E-state index contributed by atoms with van der Waals surface area (Å²) in [5.74, 6) is -1.83. The number of hydrogen-bond acceptors (Lipinski definition) is 8. The predicted octanol–water partition coefficient (Wildman–Crippen LogP) is 2.29. The first-order valence-corrected chi connectivity index (χ1v) is 12.7. The standard InChI is InChI=1S/C25H29F4N5O5/c1-38-20-7-16(17(26)10-30-20)18-8-19(34-33-18)21(35)23-9-13(6-15(32-23)11-39-12-23)22(36)31-14-2-4-24(37,5-3-14)25(27,28)29/h7-8,10,13-15,32,37H,2-6,9,11-12H2,1H3,(H,31,36)(H,33,34). The zero-order valence-electron chi connectivity index (χ0n) is 21.1. The number of hydrogen-bond donors (Lipinski definition) is 4. The van der Waals surface area contributed by atoms with E-state index in [-0.39, 0.29) is 67.3 Å². The summed E-state index contributed by atoms with van der Waals surface area (Å²) in [5.41, 5.74) is -3.62. The highest BCUT2D eigenvalue weighted by Crippen LogP contribution is 2.42. The number of nitrogens with one attached hydrogen (secondary N) is 3. The van der Waals surface area contributed by atoms with E-state index < -0.39 is 53.7 Å². The largest absolute Gasteiger partial charge is 0.481 e. The molecule has 0 spiro atoms. The Morgan fingerprint density at radius 2 is 2.00 bits per heavy atom. The number of Topliss-reactive ketones (excluding diaryl/α,β-unsaturated/α-hetero) is 1. The van der Waals surface area contributed by atoms with Gasteiger partial charge in [-0.2, -0.15) is 18.3 Å². The summed E-state index contributed by atoms with van der Waals surface area (Å²) < 4.78 is 64.5. The second-order valence-electron chi connectivity index (χ2n) is 10.6. The molecule has 5 rings (SSSR count). The second kappa shape index (κ2) is 10.1. The number of aromatic nitrogens is 3. The number of rotatable bonds is 6. The third-order valence-electron chi connectivity index (χ3n) is 7.94. The number of H-pyrrole nitrogens is 1. The molecule has 2 aromatic rings. The topological polar surface area (TPSA) is 138 Å². The number of alkyl halides is 3. The Morgan fingerprint density at radius 1 is 1.26 bits per heavy atom. The normalized spacial score (nSPS) is 31.0. The van der Waals surface area contributed by atoms with Crippen LogP contribution >= 0.6 is 0 Å². The lowest BCUT2D eigenvalue weighted by Gasteiger charge is -2.47. The molecule has 1 amide bonds. The molecule has 3 fully saturated rings. The Bertz CT molecular complexity index is 1250. The fourth-order valence-corrected chi connectivity index (χ4v) is 5.77. The molecule has 212 valence electrons. The number of carbonyl (C=O) groups excluding carboxylic acids is 2. The second-order valence-corrected chi connectivity index (χ2v) is 10.6. The lowest BCUT2D eigenvalue weighted by molar-refractivity contribution is -0.270. The molecule has 1 aliphatic carbocycles. The maximum Gasteiger partial charge on any atom is 0.417 e. The van der Waals surface area contributed by atoms with E-state index in [0.717, 1.165) is 6.20 Å². The van der Waals surface area contributed by atoms with Crippen molar-refractivity contribution in [3.8, 4) is 17.1 Å². The van der Waals surface area contributed by atoms with Crippen LogP contribution in [-0.4, -0.2) is 81.7 Å². The molecular formula is C25H29F4N5O5. The summed E-state index contributed by atoms with van der Waals surface area (Å²) in [6.07, 6.45) is -4.23. The highest BCUT2D eigenvalue weighted by Gasteiger charge is 2.55. The van der Waals surface area contributed by atoms with E-state index in [4.69, 9.17) is 9.47 Å². The minimum Gasteiger partial charge on any atom is -0.481 e. The van der Waals surface area contributed by atoms with Crippen LogP contribution in [-0.2, 0) is 9.53 Å². The van der Waals surface area contributed by atoms with Gasteiger partial charge in [0.1, 0.15) is 11.2 Å². The molecule has 39 heavy (non-hydrogen) atoms. The van der Waals surface area contributed by atoms with Gasteiger partial charge in [0.15, 0.2) is 11.4 Å². The first-order chi connectivity index (χ1) is 18.4. The van der Waals surface area contributed by atoms with Crippen molar-refractivity contribution in [2.24, 2.45) is 5.92 Å². The van der Waals surface area contributed by atoms with Gasteiger partial charge in [0, 0.05) is 29.6 Å². The van der Waals surface area contributed by atoms with Crippen molar-refractivity contribution in [2.45, 2.75) is 67.9 Å². The lowest BCUT2D eigenvalue weighted by atomic mass is 9.74. The fourth-order valence-electron chi connectivity index (χ4n) is 5.77. The molecule has 4 N–H and O–H groups in total. The molecule has 2 aromatic heterocycles. The van der Waals surface area contributed by atoms with Crippen LogP contribution in [0.3, 0.4) is 0 Å². The van der Waals surface area contributed by atoms with Crippen LogP contribution in [0.15, 0.2) is 18.3 Å². The number of ether oxygens (including phenoxy) is 2. The van der Waals surface area contributed by atoms with Crippen molar-refractivity contribution in [3.63, 3.8) is 0 Å². The maximum atomic E-state index is 14.4. The number of nitrogens with zero attached hydrogens (tertiary/aromatic N) is 2. The number of halogens is 4. The van der Waals surface area contributed by atoms with Crippen molar-refractivity contribution in [1.29, 1.82) is 0 Å². The zero-order valence-corrected chi connectivity index (χ0v) is 21.1. The third kappa shape index (κ3) is 5.24. The molecule has 3 aliphatic rings. The van der Waals surface area contributed by atoms with E-state index in [9.17, 15) is 32.3 Å². The van der Waals surface area contributed by atoms with E-state index in [1.807, 2.05) is 0 Å². The summed E-state index contributed by atoms with van der Waals surface area (Å²) in [4.78, 5) is 30.7. The van der Waals surface area contributed by atoms with Crippen LogP contribution in [0.2, 0.25) is 0 Å². The number of aliphatic hydroxyl groups is 1. The van der Waals surface area contributed by atoms with Gasteiger partial charge in [-0.1, -0.05) is 0 Å². The summed E-state index contributed by atoms with van der Waals surface area (Å²) in [7, 11) is 1.39. The van der Waals surface area contributed by atoms with Gasteiger partial charge in [-0.15, -0.1) is 0 Å². The van der Waals surface area contributed by atoms with Gasteiger partial charge in [0.2, 0.25) is 17.6 Å². The van der Waals surface area contributed by atoms with Gasteiger partial charge in [0.25, 0.3) is 0 Å². The first-order valence-electron chi connectivity index (χ1n) is 12.7. The van der Waals surface area contributed by atoms with Crippen LogP contribution < -0.4 is 15.4 Å². The van der Waals surface area contributed by atoms with Crippen molar-refractivity contribution >= 4 is 11.7 Å². The quantitative estimate of drug-likeness (QED) is 0.315. The average Bonchev–Trinajstić information content (AvgIpc) is 3.39. The number of amides is 1. The van der Waals surface area contributed by atoms with Gasteiger partial charge >= 0.3 is 6.18 Å². The summed E-state index contributed by atoms with van der Waals surface area (Å²) in [6, 6.07) is 1.98. The molecule has 3 unspecified atom stereocenters. The summed E-state index contributed by atoms with van der Waals surface area (Å²) in [6.45, 7) is 0.280. The maximum absolute atomic E-state index is 14.4. The Kier molecular flexibility index (Phi) is 7.14. The SMILES string of the molecule is COc1cc(-c2cc(C(=O)C34COCC(CC(C(=O)NC5CCC(O)(C(F)(F)F)CC5)C3)N4)n[nH]2)c(F)cn1. The molecule has 4 heterocycles. The van der Waals surface area contributed by atoms with Crippen molar-refractivity contribution in [2.75, 3.05) is 20.3 Å². The van der Waals surface area contributed by atoms with Crippen LogP contribution in [0.5, 0.6) is 5.88 Å². The van der Waals surface area contributed by atoms with E-state index in [1.54, 1.807) is 0 Å². The van der Waals surface area contributed by atoms with Crippen molar-refractivity contribution in [3.05, 3.63) is 29.8 Å². The Hall–Kier alpha value is -3.10. The van der Waals surface area contributed by atoms with Gasteiger partial charge < -0.3 is 19.9 Å². The molecule has 14 heteroatoms. The molecule has 10 nitrogen and oxygen atoms in total. The van der Waals surface area contributed by atoms with Crippen molar-refractivity contribution in [1.82, 2.24) is 25.8 Å². The smallest absolute Gasteiger partial charge is 0.417 e. The van der Waals surface area contributed by atoms with Crippen LogP contribution in [0.25, 0.3) is 11.3 Å². The highest BCUT2D eigenvalue weighted by atomic mass is 19.4. The van der Waals surface area contributed by atoms with Crippen molar-refractivity contribution < 1.29 is 41.7 Å². The molecular weight excluding hydrogens is 526 g/mol. The number of methoxy groups -OCH3 is 1. The van der Waals surface area contributed by atoms with Gasteiger partial charge in [0.05, 0.1) is 32.2 Å². The zero-order chi connectivity index (χ0) is 28.0. The molecule has 0 aromatic carbocycles. The van der Waals surface area contributed by atoms with E-state index >= 15 is 0 Å². The van der Waals surface area contributed by atoms with E-state index in [0.29, 0.717) is 6.42 Å². The minimum atomic E-state index is -4.72. The van der Waals surface area contributed by atoms with Gasteiger partial charge in [-0.05, 0) is 44.6 Å². The molecule has 2 saturated heterocycles. The molecule has 3 atom stereocenters. The van der Waals surface area contributed by atoms with Crippen LogP contribution in [0.1, 0.15) is 49.0 Å². The summed E-state index contributed by atoms with van der Waals surface area (Å²) in [5, 5.41) is 22.8. The fraction of sp³-hybridized carbons (Fsp3) is 0.600. The number of fused-ring (bicyclic) bond motifs is 2. The molecule has 2 bridgehead atoms. The Labute approximate surface area is 220 Å². The number of aromatic amines is 1. The van der Waals surface area contributed by atoms with Gasteiger partial charge in [-0.3, -0.25) is 20.0 Å². The lowest BCUT2D eigenvalue weighted by Crippen LogP contribution is -2.68. The third-order valence-corrected chi connectivity index (χ3v) is 7.94. The first kappa shape index (κ1) is 27.5. The van der Waals surface area contributed by atoms with E-state index in [1.165, 1.54) is 19.2 Å². The number of carbonyl (C=O) groups is 2.